The van der Waals surface area contributed by atoms with Gasteiger partial charge in [-0.25, -0.2) is 4.98 Å². The number of hydrogen-bond acceptors (Lipinski definition) is 3. The van der Waals surface area contributed by atoms with Gasteiger partial charge in [0.1, 0.15) is 10.9 Å². The third-order valence-electron chi connectivity index (χ3n) is 4.87. The van der Waals surface area contributed by atoms with Crippen LogP contribution in [-0.4, -0.2) is 38.2 Å². The molecule has 2 N–H and O–H groups in total. The molecule has 0 atom stereocenters. The highest BCUT2D eigenvalue weighted by Gasteiger charge is 2.44. The lowest BCUT2D eigenvalue weighted by molar-refractivity contribution is 0.414. The number of guanidine groups is 1. The first kappa shape index (κ1) is 21.8. The molecular weight excluding hydrogens is 475 g/mol. The molecule has 5 nitrogen and oxygen atoms in total. The predicted molar refractivity (Wildman–Crippen MR) is 122 cm³/mol. The van der Waals surface area contributed by atoms with Gasteiger partial charge in [-0.15, -0.1) is 24.0 Å². The standard InChI is InChI=1S/C20H25ClN4O.HI/c1-22-19(23-12-9-15-3-8-18(21)24-13-15)25-14-20(10-11-20)16-4-6-17(26-2)7-5-16;/h3-8,13H,9-12,14H2,1-2H3,(H2,22,23,25);1H. The van der Waals surface area contributed by atoms with Gasteiger partial charge >= 0.3 is 0 Å². The molecule has 0 aliphatic heterocycles. The fourth-order valence-electron chi connectivity index (χ4n) is 3.02. The number of aromatic nitrogens is 1. The van der Waals surface area contributed by atoms with Crippen LogP contribution in [0.3, 0.4) is 0 Å². The van der Waals surface area contributed by atoms with Gasteiger partial charge < -0.3 is 15.4 Å². The van der Waals surface area contributed by atoms with Crippen molar-refractivity contribution in [2.45, 2.75) is 24.7 Å². The van der Waals surface area contributed by atoms with E-state index in [1.165, 1.54) is 18.4 Å². The second-order valence-corrected chi connectivity index (χ2v) is 6.99. The topological polar surface area (TPSA) is 58.5 Å². The largest absolute Gasteiger partial charge is 0.497 e. The summed E-state index contributed by atoms with van der Waals surface area (Å²) in [5.74, 6) is 1.72. The number of ether oxygens (including phenoxy) is 1. The SMILES string of the molecule is CN=C(NCCc1ccc(Cl)nc1)NCC1(c2ccc(OC)cc2)CC1.I. The number of rotatable bonds is 7. The van der Waals surface area contributed by atoms with E-state index in [-0.39, 0.29) is 29.4 Å². The van der Waals surface area contributed by atoms with Crippen LogP contribution >= 0.6 is 35.6 Å². The van der Waals surface area contributed by atoms with Crippen molar-refractivity contribution < 1.29 is 4.74 Å². The third kappa shape index (κ3) is 5.97. The number of aliphatic imine (C=N–C) groups is 1. The molecule has 1 fully saturated rings. The van der Waals surface area contributed by atoms with E-state index >= 15 is 0 Å². The van der Waals surface area contributed by atoms with E-state index in [4.69, 9.17) is 16.3 Å². The predicted octanol–water partition coefficient (Wildman–Crippen LogP) is 3.80. The molecule has 0 radical (unpaired) electrons. The van der Waals surface area contributed by atoms with Crippen molar-refractivity contribution in [3.63, 3.8) is 0 Å². The Kier molecular flexibility index (Phi) is 8.16. The molecule has 0 bridgehead atoms. The number of halogens is 2. The smallest absolute Gasteiger partial charge is 0.191 e. The minimum absolute atomic E-state index is 0. The Morgan fingerprint density at radius 3 is 2.48 bits per heavy atom. The summed E-state index contributed by atoms with van der Waals surface area (Å²) in [5, 5.41) is 7.35. The zero-order chi connectivity index (χ0) is 18.4. The maximum atomic E-state index is 5.81. The lowest BCUT2D eigenvalue weighted by atomic mass is 9.96. The summed E-state index contributed by atoms with van der Waals surface area (Å²) in [6, 6.07) is 12.2. The normalized spacial score (nSPS) is 14.9. The molecule has 1 aliphatic rings. The molecule has 1 saturated carbocycles. The van der Waals surface area contributed by atoms with E-state index < -0.39 is 0 Å². The minimum Gasteiger partial charge on any atom is -0.497 e. The van der Waals surface area contributed by atoms with Crippen LogP contribution in [0.4, 0.5) is 0 Å². The summed E-state index contributed by atoms with van der Waals surface area (Å²) in [6.07, 6.45) is 5.07. The van der Waals surface area contributed by atoms with Gasteiger partial charge in [0.2, 0.25) is 0 Å². The first-order chi connectivity index (χ1) is 12.6. The van der Waals surface area contributed by atoms with Gasteiger partial charge in [0.25, 0.3) is 0 Å². The third-order valence-corrected chi connectivity index (χ3v) is 5.09. The Morgan fingerprint density at radius 2 is 1.93 bits per heavy atom. The maximum Gasteiger partial charge on any atom is 0.191 e. The van der Waals surface area contributed by atoms with Crippen molar-refractivity contribution in [2.24, 2.45) is 4.99 Å². The number of hydrogen-bond donors (Lipinski definition) is 2. The van der Waals surface area contributed by atoms with E-state index in [0.29, 0.717) is 5.15 Å². The zero-order valence-electron chi connectivity index (χ0n) is 15.7. The van der Waals surface area contributed by atoms with Crippen molar-refractivity contribution in [3.8, 4) is 5.75 Å². The summed E-state index contributed by atoms with van der Waals surface area (Å²) in [6.45, 7) is 1.67. The second kappa shape index (κ2) is 10.1. The molecule has 0 spiro atoms. The van der Waals surface area contributed by atoms with E-state index in [1.54, 1.807) is 14.2 Å². The van der Waals surface area contributed by atoms with Crippen LogP contribution in [0.5, 0.6) is 5.75 Å². The summed E-state index contributed by atoms with van der Waals surface area (Å²) in [5.41, 5.74) is 2.71. The van der Waals surface area contributed by atoms with E-state index in [2.05, 4.69) is 32.7 Å². The number of nitrogens with zero attached hydrogens (tertiary/aromatic N) is 2. The van der Waals surface area contributed by atoms with Crippen molar-refractivity contribution in [1.82, 2.24) is 15.6 Å². The lowest BCUT2D eigenvalue weighted by Gasteiger charge is -2.19. The molecule has 0 saturated heterocycles. The summed E-state index contributed by atoms with van der Waals surface area (Å²) in [7, 11) is 3.49. The summed E-state index contributed by atoms with van der Waals surface area (Å²) < 4.78 is 5.25. The van der Waals surface area contributed by atoms with Crippen LogP contribution in [0.2, 0.25) is 5.15 Å². The average Bonchev–Trinajstić information content (AvgIpc) is 3.47. The van der Waals surface area contributed by atoms with E-state index in [9.17, 15) is 0 Å². The number of methoxy groups -OCH3 is 1. The Balaban J connectivity index is 0.00000261. The average molecular weight is 501 g/mol. The number of benzene rings is 1. The Bertz CT molecular complexity index is 746. The van der Waals surface area contributed by atoms with Crippen LogP contribution in [0.1, 0.15) is 24.0 Å². The second-order valence-electron chi connectivity index (χ2n) is 6.60. The molecule has 146 valence electrons. The van der Waals surface area contributed by atoms with Gasteiger partial charge in [-0.1, -0.05) is 29.8 Å². The monoisotopic (exact) mass is 500 g/mol. The molecule has 0 unspecified atom stereocenters. The fourth-order valence-corrected chi connectivity index (χ4v) is 3.13. The van der Waals surface area contributed by atoms with Crippen LogP contribution < -0.4 is 15.4 Å². The van der Waals surface area contributed by atoms with Crippen molar-refractivity contribution in [1.29, 1.82) is 0 Å². The van der Waals surface area contributed by atoms with Crippen molar-refractivity contribution >= 4 is 41.5 Å². The Morgan fingerprint density at radius 1 is 1.19 bits per heavy atom. The molecular formula is C20H26ClIN4O. The lowest BCUT2D eigenvalue weighted by Crippen LogP contribution is -2.41. The first-order valence-electron chi connectivity index (χ1n) is 8.85. The first-order valence-corrected chi connectivity index (χ1v) is 9.22. The van der Waals surface area contributed by atoms with Crippen molar-refractivity contribution in [3.05, 3.63) is 58.9 Å². The Labute approximate surface area is 183 Å². The minimum atomic E-state index is 0. The summed E-state index contributed by atoms with van der Waals surface area (Å²) >= 11 is 5.81. The van der Waals surface area contributed by atoms with E-state index in [0.717, 1.165) is 36.8 Å². The van der Waals surface area contributed by atoms with Gasteiger partial charge in [0, 0.05) is 31.7 Å². The van der Waals surface area contributed by atoms with E-state index in [1.807, 2.05) is 30.5 Å². The molecule has 3 rings (SSSR count). The van der Waals surface area contributed by atoms with Gasteiger partial charge in [0.15, 0.2) is 5.96 Å². The zero-order valence-corrected chi connectivity index (χ0v) is 18.8. The molecule has 1 aromatic heterocycles. The highest BCUT2D eigenvalue weighted by atomic mass is 127. The van der Waals surface area contributed by atoms with Gasteiger partial charge in [-0.2, -0.15) is 0 Å². The van der Waals surface area contributed by atoms with Crippen LogP contribution in [0, 0.1) is 0 Å². The molecule has 0 amide bonds. The van der Waals surface area contributed by atoms with Gasteiger partial charge in [-0.05, 0) is 48.6 Å². The van der Waals surface area contributed by atoms with Gasteiger partial charge in [0.05, 0.1) is 7.11 Å². The molecule has 1 heterocycles. The van der Waals surface area contributed by atoms with Crippen LogP contribution in [0.15, 0.2) is 47.6 Å². The van der Waals surface area contributed by atoms with Crippen molar-refractivity contribution in [2.75, 3.05) is 27.2 Å². The summed E-state index contributed by atoms with van der Waals surface area (Å²) in [4.78, 5) is 8.43. The molecule has 1 aliphatic carbocycles. The molecule has 7 heteroatoms. The number of nitrogens with one attached hydrogen (secondary N) is 2. The maximum absolute atomic E-state index is 5.81. The van der Waals surface area contributed by atoms with Crippen LogP contribution in [0.25, 0.3) is 0 Å². The molecule has 27 heavy (non-hydrogen) atoms. The highest BCUT2D eigenvalue weighted by molar-refractivity contribution is 14.0. The Hall–Kier alpha value is -1.54. The van der Waals surface area contributed by atoms with Gasteiger partial charge in [-0.3, -0.25) is 4.99 Å². The fraction of sp³-hybridized carbons (Fsp3) is 0.400. The van der Waals surface area contributed by atoms with Crippen LogP contribution in [-0.2, 0) is 11.8 Å². The molecule has 1 aromatic carbocycles. The highest BCUT2D eigenvalue weighted by Crippen LogP contribution is 2.47. The number of pyridine rings is 1. The quantitative estimate of drug-likeness (QED) is 0.263. The molecule has 2 aromatic rings.